The van der Waals surface area contributed by atoms with Crippen molar-refractivity contribution in [2.75, 3.05) is 11.5 Å². The van der Waals surface area contributed by atoms with Gasteiger partial charge in [-0.1, -0.05) is 0 Å². The summed E-state index contributed by atoms with van der Waals surface area (Å²) in [6.45, 7) is 2.42. The van der Waals surface area contributed by atoms with Gasteiger partial charge in [0.15, 0.2) is 0 Å². The third kappa shape index (κ3) is 2.83. The average molecular weight is 350 g/mol. The summed E-state index contributed by atoms with van der Waals surface area (Å²) in [6, 6.07) is 11.7. The molecule has 0 bridgehead atoms. The van der Waals surface area contributed by atoms with Crippen molar-refractivity contribution in [2.45, 2.75) is 25.8 Å². The Morgan fingerprint density at radius 1 is 1.08 bits per heavy atom. The number of carbonyl (C=O) groups excluding carboxylic acids is 3. The first-order valence-corrected chi connectivity index (χ1v) is 8.65. The minimum Gasteiger partial charge on any atom is -0.494 e. The summed E-state index contributed by atoms with van der Waals surface area (Å²) in [5.74, 6) is -0.347. The lowest BCUT2D eigenvalue weighted by Crippen LogP contribution is -2.29. The second kappa shape index (κ2) is 6.29. The van der Waals surface area contributed by atoms with Crippen LogP contribution in [-0.4, -0.2) is 30.4 Å². The number of rotatable bonds is 5. The standard InChI is InChI=1S/C20H18N2O4/c1-2-26-15-8-6-14(7-9-15)22-19(24)16-10-3-12(11-17(16)20(22)25)18(23)21-13-4-5-13/h3,6-11,13H,2,4-5H2,1H3,(H,21,23). The van der Waals surface area contributed by atoms with Gasteiger partial charge in [-0.2, -0.15) is 0 Å². The molecule has 1 fully saturated rings. The second-order valence-electron chi connectivity index (χ2n) is 6.38. The Labute approximate surface area is 150 Å². The normalized spacial score (nSPS) is 15.8. The first-order valence-electron chi connectivity index (χ1n) is 8.65. The molecule has 3 amide bonds. The fraction of sp³-hybridized carbons (Fsp3) is 0.250. The topological polar surface area (TPSA) is 75.7 Å². The molecule has 2 aromatic rings. The van der Waals surface area contributed by atoms with Crippen molar-refractivity contribution in [2.24, 2.45) is 0 Å². The number of carbonyl (C=O) groups is 3. The van der Waals surface area contributed by atoms with E-state index in [-0.39, 0.29) is 23.4 Å². The first-order chi connectivity index (χ1) is 12.6. The van der Waals surface area contributed by atoms with Crippen molar-refractivity contribution in [3.63, 3.8) is 0 Å². The van der Waals surface area contributed by atoms with Crippen LogP contribution < -0.4 is 15.0 Å². The molecule has 6 nitrogen and oxygen atoms in total. The van der Waals surface area contributed by atoms with Crippen LogP contribution in [-0.2, 0) is 0 Å². The van der Waals surface area contributed by atoms with E-state index in [1.807, 2.05) is 6.92 Å². The van der Waals surface area contributed by atoms with Crippen LogP contribution in [0, 0.1) is 0 Å². The van der Waals surface area contributed by atoms with E-state index in [2.05, 4.69) is 5.32 Å². The number of anilines is 1. The molecule has 0 unspecified atom stereocenters. The predicted molar refractivity (Wildman–Crippen MR) is 95.7 cm³/mol. The summed E-state index contributed by atoms with van der Waals surface area (Å²) >= 11 is 0. The molecular weight excluding hydrogens is 332 g/mol. The number of imide groups is 1. The number of hydrogen-bond donors (Lipinski definition) is 1. The summed E-state index contributed by atoms with van der Waals surface area (Å²) in [5, 5.41) is 2.89. The summed E-state index contributed by atoms with van der Waals surface area (Å²) in [5.41, 5.74) is 1.44. The van der Waals surface area contributed by atoms with Gasteiger partial charge < -0.3 is 10.1 Å². The Morgan fingerprint density at radius 2 is 1.77 bits per heavy atom. The van der Waals surface area contributed by atoms with E-state index in [0.29, 0.717) is 29.2 Å². The number of amides is 3. The van der Waals surface area contributed by atoms with E-state index in [9.17, 15) is 14.4 Å². The van der Waals surface area contributed by atoms with Crippen LogP contribution in [0.4, 0.5) is 5.69 Å². The van der Waals surface area contributed by atoms with Crippen molar-refractivity contribution < 1.29 is 19.1 Å². The Bertz CT molecular complexity index is 901. The highest BCUT2D eigenvalue weighted by Gasteiger charge is 2.37. The molecule has 0 aromatic heterocycles. The number of nitrogens with one attached hydrogen (secondary N) is 1. The molecule has 2 aromatic carbocycles. The molecule has 132 valence electrons. The van der Waals surface area contributed by atoms with E-state index in [1.54, 1.807) is 36.4 Å². The minimum atomic E-state index is -0.421. The summed E-state index contributed by atoms with van der Waals surface area (Å²) in [7, 11) is 0. The number of fused-ring (bicyclic) bond motifs is 1. The van der Waals surface area contributed by atoms with Gasteiger partial charge in [-0.3, -0.25) is 14.4 Å². The number of benzene rings is 2. The van der Waals surface area contributed by atoms with Gasteiger partial charge in [0.1, 0.15) is 5.75 Å². The van der Waals surface area contributed by atoms with Crippen LogP contribution in [0.1, 0.15) is 50.8 Å². The van der Waals surface area contributed by atoms with Gasteiger partial charge in [0, 0.05) is 11.6 Å². The Morgan fingerprint density at radius 3 is 2.42 bits per heavy atom. The lowest BCUT2D eigenvalue weighted by atomic mass is 10.1. The van der Waals surface area contributed by atoms with Gasteiger partial charge >= 0.3 is 0 Å². The third-order valence-electron chi connectivity index (χ3n) is 4.47. The minimum absolute atomic E-state index is 0.213. The van der Waals surface area contributed by atoms with Crippen LogP contribution in [0.5, 0.6) is 5.75 Å². The quantitative estimate of drug-likeness (QED) is 0.842. The number of hydrogen-bond acceptors (Lipinski definition) is 4. The zero-order valence-electron chi connectivity index (χ0n) is 14.3. The van der Waals surface area contributed by atoms with Gasteiger partial charge in [0.05, 0.1) is 23.4 Å². The van der Waals surface area contributed by atoms with E-state index >= 15 is 0 Å². The molecule has 1 heterocycles. The Balaban J connectivity index is 1.61. The number of ether oxygens (including phenoxy) is 1. The van der Waals surface area contributed by atoms with Gasteiger partial charge in [-0.25, -0.2) is 4.90 Å². The molecule has 26 heavy (non-hydrogen) atoms. The van der Waals surface area contributed by atoms with Crippen LogP contribution in [0.15, 0.2) is 42.5 Å². The van der Waals surface area contributed by atoms with Gasteiger partial charge in [-0.15, -0.1) is 0 Å². The van der Waals surface area contributed by atoms with Crippen molar-refractivity contribution in [3.8, 4) is 5.75 Å². The maximum absolute atomic E-state index is 12.8. The molecule has 0 atom stereocenters. The zero-order chi connectivity index (χ0) is 18.3. The van der Waals surface area contributed by atoms with E-state index in [0.717, 1.165) is 17.7 Å². The summed E-state index contributed by atoms with van der Waals surface area (Å²) in [4.78, 5) is 38.8. The molecule has 4 rings (SSSR count). The van der Waals surface area contributed by atoms with Crippen molar-refractivity contribution in [1.82, 2.24) is 5.32 Å². The Kier molecular flexibility index (Phi) is 3.95. The number of nitrogens with zero attached hydrogens (tertiary/aromatic N) is 1. The molecule has 0 saturated heterocycles. The molecule has 2 aliphatic rings. The summed E-state index contributed by atoms with van der Waals surface area (Å²) < 4.78 is 5.38. The van der Waals surface area contributed by atoms with Crippen LogP contribution in [0.3, 0.4) is 0 Å². The van der Waals surface area contributed by atoms with Gasteiger partial charge in [-0.05, 0) is 62.2 Å². The molecule has 1 saturated carbocycles. The zero-order valence-corrected chi connectivity index (χ0v) is 14.3. The molecule has 0 spiro atoms. The maximum Gasteiger partial charge on any atom is 0.266 e. The van der Waals surface area contributed by atoms with Crippen molar-refractivity contribution in [1.29, 1.82) is 0 Å². The van der Waals surface area contributed by atoms with Gasteiger partial charge in [0.25, 0.3) is 17.7 Å². The fourth-order valence-electron chi connectivity index (χ4n) is 2.97. The SMILES string of the molecule is CCOc1ccc(N2C(=O)c3ccc(C(=O)NC4CC4)cc3C2=O)cc1. The molecule has 0 radical (unpaired) electrons. The molecule has 1 N–H and O–H groups in total. The van der Waals surface area contributed by atoms with Crippen molar-refractivity contribution in [3.05, 3.63) is 59.2 Å². The molecule has 6 heteroatoms. The fourth-order valence-corrected chi connectivity index (χ4v) is 2.97. The smallest absolute Gasteiger partial charge is 0.266 e. The lowest BCUT2D eigenvalue weighted by molar-refractivity contribution is 0.0923. The highest BCUT2D eigenvalue weighted by atomic mass is 16.5. The van der Waals surface area contributed by atoms with Crippen LogP contribution >= 0.6 is 0 Å². The summed E-state index contributed by atoms with van der Waals surface area (Å²) in [6.07, 6.45) is 1.97. The molecule has 1 aliphatic heterocycles. The maximum atomic E-state index is 12.8. The predicted octanol–water partition coefficient (Wildman–Crippen LogP) is 2.78. The van der Waals surface area contributed by atoms with Gasteiger partial charge in [0.2, 0.25) is 0 Å². The van der Waals surface area contributed by atoms with Crippen LogP contribution in [0.25, 0.3) is 0 Å². The monoisotopic (exact) mass is 350 g/mol. The lowest BCUT2D eigenvalue weighted by Gasteiger charge is -2.14. The molecular formula is C20H18N2O4. The first kappa shape index (κ1) is 16.3. The van der Waals surface area contributed by atoms with Crippen LogP contribution in [0.2, 0.25) is 0 Å². The molecule has 1 aliphatic carbocycles. The van der Waals surface area contributed by atoms with E-state index in [4.69, 9.17) is 4.74 Å². The highest BCUT2D eigenvalue weighted by molar-refractivity contribution is 6.34. The highest BCUT2D eigenvalue weighted by Crippen LogP contribution is 2.30. The van der Waals surface area contributed by atoms with E-state index in [1.165, 1.54) is 6.07 Å². The Hall–Kier alpha value is -3.15. The third-order valence-corrected chi connectivity index (χ3v) is 4.47. The van der Waals surface area contributed by atoms with E-state index < -0.39 is 5.91 Å². The average Bonchev–Trinajstić information content (AvgIpc) is 3.42. The van der Waals surface area contributed by atoms with Crippen molar-refractivity contribution >= 4 is 23.4 Å². The largest absolute Gasteiger partial charge is 0.494 e. The second-order valence-corrected chi connectivity index (χ2v) is 6.38.